The molecule has 0 spiro atoms. The van der Waals surface area contributed by atoms with Crippen LogP contribution in [0.1, 0.15) is 71.4 Å². The van der Waals surface area contributed by atoms with Crippen molar-refractivity contribution in [3.05, 3.63) is 54.1 Å². The van der Waals surface area contributed by atoms with Crippen molar-refractivity contribution < 1.29 is 51.3 Å². The van der Waals surface area contributed by atoms with E-state index < -0.39 is 85.8 Å². The fourth-order valence-corrected chi connectivity index (χ4v) is 8.43. The molecule has 3 fully saturated rings. The number of ether oxygens (including phenoxy) is 4. The van der Waals surface area contributed by atoms with Gasteiger partial charge in [-0.3, -0.25) is 24.0 Å². The number of fused-ring (bicyclic) bond motifs is 3. The standard InChI is InChI=1S/C38H51N5O11S/c1-7-24-18-38(24,33(46)41-55(49,50)26-13-14-26)40-31(44)28-17-25-20-43(28)32(45)30(36(2,3)4)39-34(47)52-22-37(5,6)53-16-9-8-15-51-29-12-10-11-23-19-42(21-27(23)29)35(48)54-25/h7-12,24-26,28,30H,1,13-22H2,2-6H3,(H,39,47)(H,40,44)(H,41,46)/t24-,25+,28?,30+,38-/m0/s1. The lowest BCUT2D eigenvalue weighted by molar-refractivity contribution is -0.143. The van der Waals surface area contributed by atoms with Gasteiger partial charge >= 0.3 is 12.2 Å². The molecule has 3 heterocycles. The van der Waals surface area contributed by atoms with Crippen LogP contribution in [-0.2, 0) is 51.7 Å². The molecule has 1 saturated heterocycles. The van der Waals surface area contributed by atoms with Crippen molar-refractivity contribution in [2.24, 2.45) is 11.3 Å². The fraction of sp³-hybridized carbons (Fsp3) is 0.605. The number of nitrogens with zero attached hydrogens (tertiary/aromatic N) is 2. The number of rotatable bonds is 6. The number of sulfonamides is 1. The first kappa shape index (κ1) is 40.0. The van der Waals surface area contributed by atoms with E-state index in [4.69, 9.17) is 18.9 Å². The number of benzene rings is 1. The summed E-state index contributed by atoms with van der Waals surface area (Å²) in [7, 11) is -3.93. The number of carbonyl (C=O) groups is 5. The molecular formula is C38H51N5O11S. The molecule has 0 aromatic heterocycles. The van der Waals surface area contributed by atoms with Crippen LogP contribution < -0.4 is 20.1 Å². The molecule has 3 N–H and O–H groups in total. The van der Waals surface area contributed by atoms with Crippen molar-refractivity contribution in [1.82, 2.24) is 25.2 Å². The van der Waals surface area contributed by atoms with Crippen LogP contribution in [0.15, 0.2) is 43.0 Å². The van der Waals surface area contributed by atoms with E-state index in [1.54, 1.807) is 46.8 Å². The van der Waals surface area contributed by atoms with Crippen molar-refractivity contribution >= 4 is 39.9 Å². The highest BCUT2D eigenvalue weighted by atomic mass is 32.2. The van der Waals surface area contributed by atoms with Crippen LogP contribution in [0.25, 0.3) is 0 Å². The van der Waals surface area contributed by atoms with Crippen molar-refractivity contribution in [3.63, 3.8) is 0 Å². The number of carbonyl (C=O) groups excluding carboxylic acids is 5. The topological polar surface area (TPSA) is 199 Å². The number of alkyl carbamates (subject to hydrolysis) is 1. The molecule has 1 aromatic rings. The zero-order valence-electron chi connectivity index (χ0n) is 31.9. The quantitative estimate of drug-likeness (QED) is 0.359. The molecule has 16 nitrogen and oxygen atoms in total. The van der Waals surface area contributed by atoms with Gasteiger partial charge in [-0.1, -0.05) is 45.1 Å². The lowest BCUT2D eigenvalue weighted by Gasteiger charge is -2.35. The summed E-state index contributed by atoms with van der Waals surface area (Å²) in [5.74, 6) is -2.23. The van der Waals surface area contributed by atoms with E-state index in [1.165, 1.54) is 15.9 Å². The maximum absolute atomic E-state index is 14.5. The van der Waals surface area contributed by atoms with Gasteiger partial charge < -0.3 is 34.5 Å². The van der Waals surface area contributed by atoms with Crippen LogP contribution in [0.3, 0.4) is 0 Å². The predicted molar refractivity (Wildman–Crippen MR) is 198 cm³/mol. The van der Waals surface area contributed by atoms with Gasteiger partial charge in [0.15, 0.2) is 0 Å². The Balaban J connectivity index is 1.28. The van der Waals surface area contributed by atoms with E-state index in [0.717, 1.165) is 11.1 Å². The number of hydrogen-bond acceptors (Lipinski definition) is 11. The largest absolute Gasteiger partial charge is 0.489 e. The maximum Gasteiger partial charge on any atom is 0.410 e. The van der Waals surface area contributed by atoms with Gasteiger partial charge in [0.25, 0.3) is 5.91 Å². The second-order valence-electron chi connectivity index (χ2n) is 16.6. The smallest absolute Gasteiger partial charge is 0.410 e. The molecule has 2 aliphatic carbocycles. The summed E-state index contributed by atoms with van der Waals surface area (Å²) in [5.41, 5.74) is -1.66. The van der Waals surface area contributed by atoms with Crippen LogP contribution in [0.4, 0.5) is 9.59 Å². The molecule has 1 unspecified atom stereocenters. The van der Waals surface area contributed by atoms with Crippen LogP contribution in [0, 0.1) is 11.3 Å². The average Bonchev–Trinajstić information content (AvgIpc) is 4.00. The van der Waals surface area contributed by atoms with Crippen LogP contribution >= 0.6 is 0 Å². The molecule has 5 atom stereocenters. The second kappa shape index (κ2) is 15.1. The molecule has 4 bridgehead atoms. The van der Waals surface area contributed by atoms with Gasteiger partial charge in [0.1, 0.15) is 42.7 Å². The van der Waals surface area contributed by atoms with Gasteiger partial charge in [0.05, 0.1) is 30.5 Å². The molecule has 5 amide bonds. The van der Waals surface area contributed by atoms with E-state index in [9.17, 15) is 32.4 Å². The number of nitrogens with one attached hydrogen (secondary N) is 3. The Bertz CT molecular complexity index is 1870. The van der Waals surface area contributed by atoms with Gasteiger partial charge in [-0.05, 0) is 56.2 Å². The zero-order valence-corrected chi connectivity index (χ0v) is 32.7. The van der Waals surface area contributed by atoms with Gasteiger partial charge in [-0.25, -0.2) is 18.0 Å². The highest BCUT2D eigenvalue weighted by molar-refractivity contribution is 7.91. The van der Waals surface area contributed by atoms with Crippen molar-refractivity contribution in [2.45, 2.75) is 108 Å². The molecule has 2 saturated carbocycles. The monoisotopic (exact) mass is 785 g/mol. The van der Waals surface area contributed by atoms with Crippen LogP contribution in [-0.4, -0.2) is 109 Å². The Morgan fingerprint density at radius 3 is 2.45 bits per heavy atom. The third-order valence-electron chi connectivity index (χ3n) is 10.6. The Morgan fingerprint density at radius 1 is 1.05 bits per heavy atom. The first-order chi connectivity index (χ1) is 25.8. The van der Waals surface area contributed by atoms with Gasteiger partial charge in [-0.2, -0.15) is 0 Å². The zero-order chi connectivity index (χ0) is 39.9. The lowest BCUT2D eigenvalue weighted by Crippen LogP contribution is -2.60. The summed E-state index contributed by atoms with van der Waals surface area (Å²) >= 11 is 0. The van der Waals surface area contributed by atoms with Crippen LogP contribution in [0.5, 0.6) is 5.75 Å². The minimum Gasteiger partial charge on any atom is -0.489 e. The summed E-state index contributed by atoms with van der Waals surface area (Å²) in [5, 5.41) is 4.73. The Kier molecular flexibility index (Phi) is 11.0. The van der Waals surface area contributed by atoms with E-state index in [1.807, 2.05) is 18.2 Å². The average molecular weight is 786 g/mol. The summed E-state index contributed by atoms with van der Waals surface area (Å²) in [4.78, 5) is 71.8. The number of hydrogen-bond donors (Lipinski definition) is 3. The lowest BCUT2D eigenvalue weighted by atomic mass is 9.85. The normalized spacial score (nSPS) is 28.7. The first-order valence-corrected chi connectivity index (χ1v) is 20.1. The maximum atomic E-state index is 14.5. The van der Waals surface area contributed by atoms with E-state index in [-0.39, 0.29) is 52.3 Å². The number of cyclic esters (lactones) is 1. The molecule has 55 heavy (non-hydrogen) atoms. The highest BCUT2D eigenvalue weighted by Gasteiger charge is 2.62. The van der Waals surface area contributed by atoms with Crippen molar-refractivity contribution in [2.75, 3.05) is 26.4 Å². The second-order valence-corrected chi connectivity index (χ2v) is 18.5. The molecule has 6 rings (SSSR count). The van der Waals surface area contributed by atoms with E-state index in [0.29, 0.717) is 18.6 Å². The molecule has 17 heteroatoms. The number of amides is 5. The minimum absolute atomic E-state index is 0.0999. The first-order valence-electron chi connectivity index (χ1n) is 18.6. The summed E-state index contributed by atoms with van der Waals surface area (Å²) in [6.45, 7) is 13.1. The van der Waals surface area contributed by atoms with Crippen molar-refractivity contribution in [3.8, 4) is 5.75 Å². The molecular weight excluding hydrogens is 735 g/mol. The van der Waals surface area contributed by atoms with Gasteiger partial charge in [0, 0.05) is 24.4 Å². The SMILES string of the molecule is C=C[C@H]1C[C@@]1(NC(=O)C1C[C@@H]2CN1C(=O)[C@H](C(C)(C)C)NC(=O)OCC(C)(C)OCC=CCOc1cccc3c1CN(C3)C(=O)O2)C(=O)NS(=O)(=O)C1CC1. The Morgan fingerprint density at radius 2 is 1.78 bits per heavy atom. The van der Waals surface area contributed by atoms with Crippen molar-refractivity contribution in [1.29, 1.82) is 0 Å². The Labute approximate surface area is 321 Å². The van der Waals surface area contributed by atoms with Crippen LogP contribution in [0.2, 0.25) is 0 Å². The van der Waals surface area contributed by atoms with Gasteiger partial charge in [-0.15, -0.1) is 6.58 Å². The molecule has 1 aromatic carbocycles. The molecule has 300 valence electrons. The third-order valence-corrected chi connectivity index (χ3v) is 12.4. The predicted octanol–water partition coefficient (Wildman–Crippen LogP) is 2.66. The van der Waals surface area contributed by atoms with E-state index in [2.05, 4.69) is 21.9 Å². The fourth-order valence-electron chi connectivity index (χ4n) is 7.07. The highest BCUT2D eigenvalue weighted by Crippen LogP contribution is 2.45. The third kappa shape index (κ3) is 8.93. The molecule has 3 aliphatic heterocycles. The molecule has 5 aliphatic rings. The minimum atomic E-state index is -3.93. The summed E-state index contributed by atoms with van der Waals surface area (Å²) < 4.78 is 50.9. The van der Waals surface area contributed by atoms with E-state index >= 15 is 0 Å². The van der Waals surface area contributed by atoms with Gasteiger partial charge in [0.2, 0.25) is 21.8 Å². The summed E-state index contributed by atoms with van der Waals surface area (Å²) in [6.07, 6.45) is 3.40. The summed E-state index contributed by atoms with van der Waals surface area (Å²) in [6, 6.07) is 3.10. The molecule has 0 radical (unpaired) electrons. The Hall–Kier alpha value is -4.64.